The van der Waals surface area contributed by atoms with E-state index in [2.05, 4.69) is 0 Å². The maximum absolute atomic E-state index is 12.8. The average molecular weight is 471 g/mol. The summed E-state index contributed by atoms with van der Waals surface area (Å²) in [5, 5.41) is 0.254. The van der Waals surface area contributed by atoms with Crippen molar-refractivity contribution in [2.24, 2.45) is 0 Å². The normalized spacial score (nSPS) is 17.8. The fourth-order valence-corrected chi connectivity index (χ4v) is 4.57. The van der Waals surface area contributed by atoms with Crippen molar-refractivity contribution < 1.29 is 19.1 Å². The van der Waals surface area contributed by atoms with Crippen molar-refractivity contribution in [2.45, 2.75) is 25.9 Å². The molecule has 0 unspecified atom stereocenters. The summed E-state index contributed by atoms with van der Waals surface area (Å²) in [5.41, 5.74) is 1.73. The minimum atomic E-state index is -0.433. The Bertz CT molecular complexity index is 1050. The number of halogens is 1. The molecule has 0 N–H and O–H groups in total. The number of piperidine rings is 1. The first-order chi connectivity index (χ1) is 15.5. The molecule has 0 saturated carbocycles. The van der Waals surface area contributed by atoms with Crippen molar-refractivity contribution in [3.05, 3.63) is 69.6 Å². The van der Waals surface area contributed by atoms with E-state index in [0.29, 0.717) is 35.4 Å². The topological polar surface area (TPSA) is 66.9 Å². The molecule has 2 aromatic carbocycles. The molecule has 2 saturated heterocycles. The van der Waals surface area contributed by atoms with E-state index in [1.807, 2.05) is 48.5 Å². The van der Waals surface area contributed by atoms with E-state index >= 15 is 0 Å². The molecule has 0 spiro atoms. The first-order valence-electron chi connectivity index (χ1n) is 10.5. The Labute approximate surface area is 196 Å². The maximum Gasteiger partial charge on any atom is 0.294 e. The van der Waals surface area contributed by atoms with Gasteiger partial charge in [-0.05, 0) is 72.5 Å². The third kappa shape index (κ3) is 5.53. The van der Waals surface area contributed by atoms with Crippen LogP contribution in [0, 0.1) is 0 Å². The Kier molecular flexibility index (Phi) is 7.17. The lowest BCUT2D eigenvalue weighted by atomic mass is 10.1. The van der Waals surface area contributed by atoms with Crippen LogP contribution in [0.1, 0.15) is 30.4 Å². The number of likely N-dealkylation sites (tertiary alicyclic amines) is 1. The molecule has 2 aromatic rings. The molecule has 2 aliphatic rings. The van der Waals surface area contributed by atoms with Gasteiger partial charge in [0.2, 0.25) is 5.91 Å². The van der Waals surface area contributed by atoms with E-state index in [0.717, 1.165) is 47.1 Å². The molecular formula is C24H23ClN2O4S. The standard InChI is InChI=1S/C24H23ClN2O4S/c25-19-9-7-17(8-10-19)16-31-20-6-4-5-18(13-20)14-21-23(29)27(24(30)32-21)15-22(28)26-11-2-1-3-12-26/h4-10,13-14H,1-3,11-12,15-16H2/b21-14-. The number of carbonyl (C=O) groups is 3. The van der Waals surface area contributed by atoms with Gasteiger partial charge in [-0.1, -0.05) is 35.9 Å². The predicted molar refractivity (Wildman–Crippen MR) is 125 cm³/mol. The highest BCUT2D eigenvalue weighted by atomic mass is 35.5. The van der Waals surface area contributed by atoms with Gasteiger partial charge in [0.15, 0.2) is 0 Å². The molecule has 0 aliphatic carbocycles. The highest BCUT2D eigenvalue weighted by molar-refractivity contribution is 8.18. The minimum absolute atomic E-state index is 0.175. The smallest absolute Gasteiger partial charge is 0.294 e. The van der Waals surface area contributed by atoms with Gasteiger partial charge in [-0.15, -0.1) is 0 Å². The lowest BCUT2D eigenvalue weighted by Crippen LogP contribution is -2.44. The van der Waals surface area contributed by atoms with Crippen LogP contribution < -0.4 is 4.74 Å². The van der Waals surface area contributed by atoms with E-state index in [1.54, 1.807) is 11.0 Å². The molecule has 2 heterocycles. The lowest BCUT2D eigenvalue weighted by molar-refractivity contribution is -0.136. The summed E-state index contributed by atoms with van der Waals surface area (Å²) in [6, 6.07) is 14.7. The largest absolute Gasteiger partial charge is 0.489 e. The summed E-state index contributed by atoms with van der Waals surface area (Å²) in [7, 11) is 0. The maximum atomic E-state index is 12.8. The van der Waals surface area contributed by atoms with E-state index in [4.69, 9.17) is 16.3 Å². The van der Waals surface area contributed by atoms with Crippen LogP contribution in [0.15, 0.2) is 53.4 Å². The van der Waals surface area contributed by atoms with Crippen molar-refractivity contribution in [3.63, 3.8) is 0 Å². The molecule has 6 nitrogen and oxygen atoms in total. The molecule has 2 aliphatic heterocycles. The van der Waals surface area contributed by atoms with E-state index in [-0.39, 0.29) is 12.5 Å². The highest BCUT2D eigenvalue weighted by Gasteiger charge is 2.37. The fourth-order valence-electron chi connectivity index (χ4n) is 3.61. The van der Waals surface area contributed by atoms with Crippen molar-refractivity contribution in [2.75, 3.05) is 19.6 Å². The van der Waals surface area contributed by atoms with E-state index < -0.39 is 11.1 Å². The van der Waals surface area contributed by atoms with Crippen LogP contribution >= 0.6 is 23.4 Å². The number of hydrogen-bond acceptors (Lipinski definition) is 5. The van der Waals surface area contributed by atoms with Crippen molar-refractivity contribution in [1.82, 2.24) is 9.80 Å². The highest BCUT2D eigenvalue weighted by Crippen LogP contribution is 2.32. The third-order valence-corrected chi connectivity index (χ3v) is 6.51. The van der Waals surface area contributed by atoms with Crippen LogP contribution in [0.25, 0.3) is 6.08 Å². The number of benzene rings is 2. The third-order valence-electron chi connectivity index (χ3n) is 5.35. The number of carbonyl (C=O) groups excluding carboxylic acids is 3. The Morgan fingerprint density at radius 2 is 1.81 bits per heavy atom. The molecule has 0 bridgehead atoms. The molecule has 8 heteroatoms. The Morgan fingerprint density at radius 1 is 1.06 bits per heavy atom. The van der Waals surface area contributed by atoms with Gasteiger partial charge >= 0.3 is 0 Å². The number of thioether (sulfide) groups is 1. The molecule has 166 valence electrons. The summed E-state index contributed by atoms with van der Waals surface area (Å²) < 4.78 is 5.83. The number of ether oxygens (including phenoxy) is 1. The molecule has 2 fully saturated rings. The van der Waals surface area contributed by atoms with Crippen LogP contribution in [0.2, 0.25) is 5.02 Å². The van der Waals surface area contributed by atoms with Gasteiger partial charge in [0.25, 0.3) is 11.1 Å². The van der Waals surface area contributed by atoms with Crippen LogP contribution in [0.4, 0.5) is 4.79 Å². The second-order valence-electron chi connectivity index (χ2n) is 7.70. The average Bonchev–Trinajstić information content (AvgIpc) is 3.07. The zero-order chi connectivity index (χ0) is 22.5. The zero-order valence-electron chi connectivity index (χ0n) is 17.5. The van der Waals surface area contributed by atoms with Gasteiger partial charge < -0.3 is 9.64 Å². The monoisotopic (exact) mass is 470 g/mol. The van der Waals surface area contributed by atoms with Crippen LogP contribution in [-0.2, 0) is 16.2 Å². The lowest BCUT2D eigenvalue weighted by Gasteiger charge is -2.27. The van der Waals surface area contributed by atoms with Gasteiger partial charge in [0, 0.05) is 18.1 Å². The molecule has 0 aromatic heterocycles. The second-order valence-corrected chi connectivity index (χ2v) is 9.13. The number of rotatable bonds is 6. The van der Waals surface area contributed by atoms with Crippen LogP contribution in [0.3, 0.4) is 0 Å². The summed E-state index contributed by atoms with van der Waals surface area (Å²) in [6.07, 6.45) is 4.69. The number of nitrogens with zero attached hydrogens (tertiary/aromatic N) is 2. The van der Waals surface area contributed by atoms with E-state index in [9.17, 15) is 14.4 Å². The predicted octanol–water partition coefficient (Wildman–Crippen LogP) is 4.97. The summed E-state index contributed by atoms with van der Waals surface area (Å²) in [5.74, 6) is 0.0388. The number of amides is 3. The second kappa shape index (κ2) is 10.2. The van der Waals surface area contributed by atoms with Gasteiger partial charge in [-0.3, -0.25) is 19.3 Å². The van der Waals surface area contributed by atoms with Crippen LogP contribution in [0.5, 0.6) is 5.75 Å². The summed E-state index contributed by atoms with van der Waals surface area (Å²) >= 11 is 6.76. The zero-order valence-corrected chi connectivity index (χ0v) is 19.0. The first-order valence-corrected chi connectivity index (χ1v) is 11.7. The Morgan fingerprint density at radius 3 is 2.56 bits per heavy atom. The summed E-state index contributed by atoms with van der Waals surface area (Å²) in [6.45, 7) is 1.56. The van der Waals surface area contributed by atoms with E-state index in [1.165, 1.54) is 0 Å². The number of hydrogen-bond donors (Lipinski definition) is 0. The molecule has 4 rings (SSSR count). The fraction of sp³-hybridized carbons (Fsp3) is 0.292. The SMILES string of the molecule is O=C(CN1C(=O)S/C(=C\c2cccc(OCc3ccc(Cl)cc3)c2)C1=O)N1CCCCC1. The van der Waals surface area contributed by atoms with Gasteiger partial charge in [-0.2, -0.15) is 0 Å². The van der Waals surface area contributed by atoms with Gasteiger partial charge in [-0.25, -0.2) is 0 Å². The van der Waals surface area contributed by atoms with Gasteiger partial charge in [0.1, 0.15) is 18.9 Å². The molecular weight excluding hydrogens is 448 g/mol. The molecule has 0 atom stereocenters. The van der Waals surface area contributed by atoms with Crippen molar-refractivity contribution in [1.29, 1.82) is 0 Å². The molecule has 0 radical (unpaired) electrons. The Balaban J connectivity index is 1.40. The summed E-state index contributed by atoms with van der Waals surface area (Å²) in [4.78, 5) is 40.7. The minimum Gasteiger partial charge on any atom is -0.489 e. The molecule has 32 heavy (non-hydrogen) atoms. The first kappa shape index (κ1) is 22.4. The van der Waals surface area contributed by atoms with Crippen molar-refractivity contribution in [3.8, 4) is 5.75 Å². The van der Waals surface area contributed by atoms with Gasteiger partial charge in [0.05, 0.1) is 4.91 Å². The Hall–Kier alpha value is -2.77. The van der Waals surface area contributed by atoms with Crippen LogP contribution in [-0.4, -0.2) is 46.5 Å². The van der Waals surface area contributed by atoms with Crippen molar-refractivity contribution >= 4 is 46.5 Å². The quantitative estimate of drug-likeness (QED) is 0.558. The number of imide groups is 1. The molecule has 3 amide bonds.